The van der Waals surface area contributed by atoms with Crippen LogP contribution in [0.1, 0.15) is 16.7 Å². The van der Waals surface area contributed by atoms with Gasteiger partial charge in [0.15, 0.2) is 0 Å². The summed E-state index contributed by atoms with van der Waals surface area (Å²) in [6.07, 6.45) is 3.44. The van der Waals surface area contributed by atoms with Gasteiger partial charge in [0, 0.05) is 23.0 Å². The van der Waals surface area contributed by atoms with E-state index in [0.29, 0.717) is 5.02 Å². The Labute approximate surface area is 153 Å². The van der Waals surface area contributed by atoms with E-state index in [1.165, 1.54) is 0 Å². The average Bonchev–Trinajstić information content (AvgIpc) is 2.68. The molecule has 0 saturated carbocycles. The summed E-state index contributed by atoms with van der Waals surface area (Å²) in [5, 5.41) is 4.22. The molecule has 0 atom stereocenters. The highest BCUT2D eigenvalue weighted by Crippen LogP contribution is 2.40. The third kappa shape index (κ3) is 3.35. The van der Waals surface area contributed by atoms with Crippen molar-refractivity contribution in [3.63, 3.8) is 0 Å². The summed E-state index contributed by atoms with van der Waals surface area (Å²) in [5.74, 6) is 0. The van der Waals surface area contributed by atoms with Gasteiger partial charge in [-0.25, -0.2) is 0 Å². The van der Waals surface area contributed by atoms with E-state index in [4.69, 9.17) is 11.6 Å². The standard InChI is InChI=1S/C22H19ClN2/c1-24-16-17-25-22(18-10-4-2-5-11-18,19-12-6-3-7-13-19)20-14-8-9-15-21(20)23/h2-17,25H,1H2/b17-16-. The highest BCUT2D eigenvalue weighted by Gasteiger charge is 2.36. The van der Waals surface area contributed by atoms with Crippen molar-refractivity contribution < 1.29 is 0 Å². The Kier molecular flexibility index (Phi) is 5.32. The zero-order valence-corrected chi connectivity index (χ0v) is 14.5. The number of nitrogens with one attached hydrogen (secondary N) is 1. The third-order valence-corrected chi connectivity index (χ3v) is 4.50. The summed E-state index contributed by atoms with van der Waals surface area (Å²) in [6.45, 7) is 3.51. The van der Waals surface area contributed by atoms with Gasteiger partial charge in [0.2, 0.25) is 0 Å². The number of hydrogen-bond acceptors (Lipinski definition) is 2. The smallest absolute Gasteiger partial charge is 0.115 e. The second-order valence-corrected chi connectivity index (χ2v) is 6.01. The number of halogens is 1. The van der Waals surface area contributed by atoms with Crippen LogP contribution in [-0.2, 0) is 5.54 Å². The molecule has 0 radical (unpaired) electrons. The first-order valence-corrected chi connectivity index (χ1v) is 8.41. The SMILES string of the molecule is C=N/C=C\NC(c1ccccc1)(c1ccccc1)c1ccccc1Cl. The molecule has 25 heavy (non-hydrogen) atoms. The largest absolute Gasteiger partial charge is 0.373 e. The summed E-state index contributed by atoms with van der Waals surface area (Å²) in [4.78, 5) is 3.82. The molecular weight excluding hydrogens is 328 g/mol. The van der Waals surface area contributed by atoms with Crippen LogP contribution >= 0.6 is 11.6 Å². The van der Waals surface area contributed by atoms with Crippen molar-refractivity contribution in [2.24, 2.45) is 4.99 Å². The minimum absolute atomic E-state index is 0.637. The molecule has 3 aromatic rings. The van der Waals surface area contributed by atoms with Gasteiger partial charge in [-0.3, -0.25) is 4.99 Å². The normalized spacial score (nSPS) is 11.4. The molecule has 3 heteroatoms. The van der Waals surface area contributed by atoms with Crippen LogP contribution in [0.5, 0.6) is 0 Å². The van der Waals surface area contributed by atoms with Crippen LogP contribution in [0.4, 0.5) is 0 Å². The van der Waals surface area contributed by atoms with Gasteiger partial charge < -0.3 is 5.32 Å². The number of rotatable bonds is 6. The Hall–Kier alpha value is -2.84. The summed E-state index contributed by atoms with van der Waals surface area (Å²) < 4.78 is 0. The summed E-state index contributed by atoms with van der Waals surface area (Å²) in [6, 6.07) is 28.4. The number of aliphatic imine (C=N–C) groups is 1. The highest BCUT2D eigenvalue weighted by molar-refractivity contribution is 6.31. The molecule has 3 aromatic carbocycles. The Balaban J connectivity index is 2.33. The molecule has 0 aliphatic rings. The maximum Gasteiger partial charge on any atom is 0.115 e. The van der Waals surface area contributed by atoms with E-state index in [1.807, 2.05) is 60.7 Å². The lowest BCUT2D eigenvalue weighted by Gasteiger charge is -2.37. The minimum Gasteiger partial charge on any atom is -0.373 e. The Morgan fingerprint density at radius 1 is 0.800 bits per heavy atom. The molecule has 1 N–H and O–H groups in total. The predicted octanol–water partition coefficient (Wildman–Crippen LogP) is 5.39. The number of hydrogen-bond donors (Lipinski definition) is 1. The molecule has 0 heterocycles. The molecule has 0 aliphatic carbocycles. The summed E-state index contributed by atoms with van der Waals surface area (Å²) in [5.41, 5.74) is 2.51. The Bertz CT molecular complexity index is 818. The van der Waals surface area contributed by atoms with Crippen LogP contribution in [0.25, 0.3) is 0 Å². The van der Waals surface area contributed by atoms with Crippen molar-refractivity contribution in [3.8, 4) is 0 Å². The average molecular weight is 347 g/mol. The van der Waals surface area contributed by atoms with E-state index in [1.54, 1.807) is 12.4 Å². The fourth-order valence-electron chi connectivity index (χ4n) is 3.08. The first-order valence-electron chi connectivity index (χ1n) is 8.03. The Morgan fingerprint density at radius 3 is 1.84 bits per heavy atom. The molecule has 0 unspecified atom stereocenters. The van der Waals surface area contributed by atoms with Crippen molar-refractivity contribution in [1.82, 2.24) is 5.32 Å². The van der Waals surface area contributed by atoms with Crippen LogP contribution in [0.3, 0.4) is 0 Å². The lowest BCUT2D eigenvalue weighted by molar-refractivity contribution is 0.550. The van der Waals surface area contributed by atoms with Gasteiger partial charge in [-0.05, 0) is 23.9 Å². The van der Waals surface area contributed by atoms with E-state index >= 15 is 0 Å². The predicted molar refractivity (Wildman–Crippen MR) is 106 cm³/mol. The molecule has 2 nitrogen and oxygen atoms in total. The van der Waals surface area contributed by atoms with Gasteiger partial charge in [-0.2, -0.15) is 0 Å². The summed E-state index contributed by atoms with van der Waals surface area (Å²) in [7, 11) is 0. The van der Waals surface area contributed by atoms with Crippen LogP contribution in [0, 0.1) is 0 Å². The van der Waals surface area contributed by atoms with Crippen molar-refractivity contribution in [1.29, 1.82) is 0 Å². The fraction of sp³-hybridized carbons (Fsp3) is 0.0455. The van der Waals surface area contributed by atoms with Crippen molar-refractivity contribution >= 4 is 18.3 Å². The van der Waals surface area contributed by atoms with E-state index < -0.39 is 5.54 Å². The second-order valence-electron chi connectivity index (χ2n) is 5.60. The van der Waals surface area contributed by atoms with Crippen LogP contribution in [0.2, 0.25) is 5.02 Å². The van der Waals surface area contributed by atoms with E-state index in [2.05, 4.69) is 41.3 Å². The molecule has 0 saturated heterocycles. The van der Waals surface area contributed by atoms with Gasteiger partial charge in [-0.1, -0.05) is 90.5 Å². The zero-order chi connectivity index (χ0) is 17.5. The monoisotopic (exact) mass is 346 g/mol. The van der Waals surface area contributed by atoms with Gasteiger partial charge in [-0.15, -0.1) is 0 Å². The molecule has 0 spiro atoms. The molecule has 0 fully saturated rings. The van der Waals surface area contributed by atoms with Crippen LogP contribution in [-0.4, -0.2) is 6.72 Å². The molecule has 124 valence electrons. The maximum absolute atomic E-state index is 6.62. The van der Waals surface area contributed by atoms with E-state index in [-0.39, 0.29) is 0 Å². The lowest BCUT2D eigenvalue weighted by atomic mass is 9.77. The van der Waals surface area contributed by atoms with Crippen molar-refractivity contribution in [2.75, 3.05) is 0 Å². The second kappa shape index (κ2) is 7.82. The van der Waals surface area contributed by atoms with E-state index in [0.717, 1.165) is 16.7 Å². The summed E-state index contributed by atoms with van der Waals surface area (Å²) >= 11 is 6.62. The van der Waals surface area contributed by atoms with Gasteiger partial charge >= 0.3 is 0 Å². The molecular formula is C22H19ClN2. The van der Waals surface area contributed by atoms with Crippen LogP contribution in [0.15, 0.2) is 102 Å². The minimum atomic E-state index is -0.637. The van der Waals surface area contributed by atoms with Crippen LogP contribution < -0.4 is 5.32 Å². The lowest BCUT2D eigenvalue weighted by Crippen LogP contribution is -2.42. The number of nitrogens with zero attached hydrogens (tertiary/aromatic N) is 1. The topological polar surface area (TPSA) is 24.4 Å². The van der Waals surface area contributed by atoms with Gasteiger partial charge in [0.1, 0.15) is 5.54 Å². The number of benzene rings is 3. The van der Waals surface area contributed by atoms with Crippen molar-refractivity contribution in [3.05, 3.63) is 119 Å². The highest BCUT2D eigenvalue weighted by atomic mass is 35.5. The first-order chi connectivity index (χ1) is 12.3. The maximum atomic E-state index is 6.62. The molecule has 0 aliphatic heterocycles. The Morgan fingerprint density at radius 2 is 1.32 bits per heavy atom. The molecule has 0 amide bonds. The molecule has 0 bridgehead atoms. The fourth-order valence-corrected chi connectivity index (χ4v) is 3.36. The van der Waals surface area contributed by atoms with Gasteiger partial charge in [0.25, 0.3) is 0 Å². The quantitative estimate of drug-likeness (QED) is 0.469. The first kappa shape index (κ1) is 17.0. The zero-order valence-electron chi connectivity index (χ0n) is 13.8. The van der Waals surface area contributed by atoms with E-state index in [9.17, 15) is 0 Å². The molecule has 3 rings (SSSR count). The van der Waals surface area contributed by atoms with Gasteiger partial charge in [0.05, 0.1) is 0 Å². The third-order valence-electron chi connectivity index (χ3n) is 4.17. The molecule has 0 aromatic heterocycles. The van der Waals surface area contributed by atoms with Crippen molar-refractivity contribution in [2.45, 2.75) is 5.54 Å².